The third-order valence-electron chi connectivity index (χ3n) is 5.09. The van der Waals surface area contributed by atoms with E-state index in [0.29, 0.717) is 23.2 Å². The zero-order chi connectivity index (χ0) is 18.9. The first-order valence-corrected chi connectivity index (χ1v) is 10.1. The summed E-state index contributed by atoms with van der Waals surface area (Å²) in [6, 6.07) is 0. The maximum Gasteiger partial charge on any atom is 0.228 e. The van der Waals surface area contributed by atoms with Gasteiger partial charge in [0.25, 0.3) is 0 Å². The number of halogens is 1. The number of aromatic amines is 1. The van der Waals surface area contributed by atoms with Crippen molar-refractivity contribution in [3.8, 4) is 0 Å². The highest BCUT2D eigenvalue weighted by Gasteiger charge is 2.21. The Balaban J connectivity index is 1.89. The molecule has 1 fully saturated rings. The van der Waals surface area contributed by atoms with Crippen LogP contribution in [0.2, 0.25) is 0 Å². The first-order valence-electron chi connectivity index (χ1n) is 9.70. The lowest BCUT2D eigenvalue weighted by atomic mass is 9.89. The number of aromatic nitrogens is 2. The Hall–Kier alpha value is -1.62. The Morgan fingerprint density at radius 1 is 1.46 bits per heavy atom. The van der Waals surface area contributed by atoms with E-state index in [2.05, 4.69) is 34.4 Å². The molecule has 144 valence electrons. The third kappa shape index (κ3) is 6.60. The summed E-state index contributed by atoms with van der Waals surface area (Å²) < 4.78 is 0. The largest absolute Gasteiger partial charge is 0.314 e. The highest BCUT2D eigenvalue weighted by atomic mass is 35.5. The number of hydrogen-bond donors (Lipinski definition) is 2. The van der Waals surface area contributed by atoms with Crippen molar-refractivity contribution in [3.63, 3.8) is 0 Å². The van der Waals surface area contributed by atoms with Gasteiger partial charge in [-0.3, -0.25) is 9.89 Å². The fourth-order valence-corrected chi connectivity index (χ4v) is 3.42. The van der Waals surface area contributed by atoms with E-state index in [9.17, 15) is 4.79 Å². The Morgan fingerprint density at radius 3 is 2.88 bits per heavy atom. The molecule has 6 heteroatoms. The van der Waals surface area contributed by atoms with Crippen molar-refractivity contribution in [3.05, 3.63) is 28.7 Å². The second-order valence-corrected chi connectivity index (χ2v) is 7.87. The van der Waals surface area contributed by atoms with E-state index in [0.717, 1.165) is 49.8 Å². The highest BCUT2D eigenvalue weighted by molar-refractivity contribution is 6.29. The van der Waals surface area contributed by atoms with Crippen molar-refractivity contribution in [1.82, 2.24) is 15.5 Å². The van der Waals surface area contributed by atoms with Crippen molar-refractivity contribution in [1.29, 1.82) is 0 Å². The van der Waals surface area contributed by atoms with Crippen LogP contribution >= 0.6 is 11.6 Å². The van der Waals surface area contributed by atoms with E-state index < -0.39 is 0 Å². The molecule has 1 aliphatic rings. The van der Waals surface area contributed by atoms with Gasteiger partial charge in [0.1, 0.15) is 5.84 Å². The molecule has 0 aromatic carbocycles. The van der Waals surface area contributed by atoms with Crippen LogP contribution in [-0.2, 0) is 17.6 Å². The van der Waals surface area contributed by atoms with Crippen molar-refractivity contribution < 1.29 is 4.79 Å². The van der Waals surface area contributed by atoms with Crippen LogP contribution in [0, 0.1) is 11.8 Å². The van der Waals surface area contributed by atoms with Crippen LogP contribution in [0.5, 0.6) is 0 Å². The number of aliphatic imine (C=N–C) groups is 1. The SMILES string of the molecule is CCC(C)Cc1[nH]ncc1C/C(Cl)=C\N=C(C)NC(=O)C1CCCCC1. The molecule has 1 amide bonds. The predicted molar refractivity (Wildman–Crippen MR) is 107 cm³/mol. The van der Waals surface area contributed by atoms with Crippen LogP contribution in [0.25, 0.3) is 0 Å². The lowest BCUT2D eigenvalue weighted by molar-refractivity contribution is -0.124. The Bertz CT molecular complexity index is 644. The van der Waals surface area contributed by atoms with E-state index in [1.54, 1.807) is 13.1 Å². The molecule has 0 saturated heterocycles. The topological polar surface area (TPSA) is 70.1 Å². The van der Waals surface area contributed by atoms with E-state index in [-0.39, 0.29) is 11.8 Å². The molecule has 1 atom stereocenters. The predicted octanol–water partition coefficient (Wildman–Crippen LogP) is 4.74. The highest BCUT2D eigenvalue weighted by Crippen LogP contribution is 2.23. The van der Waals surface area contributed by atoms with Gasteiger partial charge in [0.05, 0.1) is 6.20 Å². The summed E-state index contributed by atoms with van der Waals surface area (Å²) in [5.74, 6) is 1.40. The van der Waals surface area contributed by atoms with E-state index >= 15 is 0 Å². The molecule has 2 rings (SSSR count). The number of amidine groups is 1. The summed E-state index contributed by atoms with van der Waals surface area (Å²) in [6.07, 6.45) is 11.6. The second kappa shape index (κ2) is 10.5. The summed E-state index contributed by atoms with van der Waals surface area (Å²) in [4.78, 5) is 16.5. The van der Waals surface area contributed by atoms with Gasteiger partial charge in [-0.05, 0) is 37.7 Å². The number of nitrogens with one attached hydrogen (secondary N) is 2. The minimum absolute atomic E-state index is 0.0844. The summed E-state index contributed by atoms with van der Waals surface area (Å²) in [5, 5.41) is 10.7. The summed E-state index contributed by atoms with van der Waals surface area (Å²) in [5.41, 5.74) is 2.24. The van der Waals surface area contributed by atoms with Gasteiger partial charge in [-0.25, -0.2) is 4.99 Å². The summed E-state index contributed by atoms with van der Waals surface area (Å²) in [6.45, 7) is 6.21. The van der Waals surface area contributed by atoms with Gasteiger partial charge >= 0.3 is 0 Å². The molecule has 1 aromatic heterocycles. The molecule has 0 aliphatic heterocycles. The minimum Gasteiger partial charge on any atom is -0.314 e. The number of rotatable bonds is 7. The average molecular weight is 379 g/mol. The molecule has 1 aromatic rings. The second-order valence-electron chi connectivity index (χ2n) is 7.38. The molecule has 0 bridgehead atoms. The molecule has 0 radical (unpaired) electrons. The molecule has 1 aliphatic carbocycles. The maximum atomic E-state index is 12.2. The molecule has 1 unspecified atom stereocenters. The van der Waals surface area contributed by atoms with Gasteiger partial charge < -0.3 is 5.32 Å². The molecule has 2 N–H and O–H groups in total. The van der Waals surface area contributed by atoms with Crippen LogP contribution in [-0.4, -0.2) is 21.9 Å². The van der Waals surface area contributed by atoms with Gasteiger partial charge in [-0.15, -0.1) is 0 Å². The molecule has 26 heavy (non-hydrogen) atoms. The van der Waals surface area contributed by atoms with Crippen LogP contribution in [0.4, 0.5) is 0 Å². The van der Waals surface area contributed by atoms with E-state index in [1.165, 1.54) is 6.42 Å². The van der Waals surface area contributed by atoms with Gasteiger partial charge in [-0.2, -0.15) is 5.10 Å². The third-order valence-corrected chi connectivity index (χ3v) is 5.33. The van der Waals surface area contributed by atoms with Crippen molar-refractivity contribution in [2.45, 2.75) is 72.1 Å². The summed E-state index contributed by atoms with van der Waals surface area (Å²) >= 11 is 6.34. The number of amides is 1. The molecular weight excluding hydrogens is 348 g/mol. The number of carbonyl (C=O) groups is 1. The van der Waals surface area contributed by atoms with Gasteiger partial charge in [0.15, 0.2) is 0 Å². The zero-order valence-electron chi connectivity index (χ0n) is 16.1. The lowest BCUT2D eigenvalue weighted by Crippen LogP contribution is -2.35. The molecule has 1 saturated carbocycles. The smallest absolute Gasteiger partial charge is 0.228 e. The maximum absolute atomic E-state index is 12.2. The number of carbonyl (C=O) groups excluding carboxylic acids is 1. The fourth-order valence-electron chi connectivity index (χ4n) is 3.23. The first-order chi connectivity index (χ1) is 12.5. The molecule has 5 nitrogen and oxygen atoms in total. The quantitative estimate of drug-likeness (QED) is 0.531. The Labute approximate surface area is 161 Å². The average Bonchev–Trinajstić information content (AvgIpc) is 3.07. The standard InChI is InChI=1S/C20H31ClN4O/c1-4-14(2)10-19-17(12-23-25-19)11-18(21)13-22-15(3)24-20(26)16-8-6-5-7-9-16/h12-14,16H,4-11H2,1-3H3,(H,23,25)(H,22,24,26)/b18-13+. The van der Waals surface area contributed by atoms with Crippen molar-refractivity contribution >= 4 is 23.3 Å². The van der Waals surface area contributed by atoms with Crippen LogP contribution < -0.4 is 5.32 Å². The minimum atomic E-state index is 0.0844. The Morgan fingerprint density at radius 2 is 2.19 bits per heavy atom. The van der Waals surface area contributed by atoms with Crippen LogP contribution in [0.3, 0.4) is 0 Å². The molecule has 1 heterocycles. The van der Waals surface area contributed by atoms with Gasteiger partial charge in [-0.1, -0.05) is 51.1 Å². The van der Waals surface area contributed by atoms with Gasteiger partial charge in [0, 0.05) is 29.3 Å². The number of hydrogen-bond acceptors (Lipinski definition) is 3. The fraction of sp³-hybridized carbons (Fsp3) is 0.650. The van der Waals surface area contributed by atoms with Gasteiger partial charge in [0.2, 0.25) is 5.91 Å². The molecular formula is C20H31ClN4O. The number of allylic oxidation sites excluding steroid dienone is 1. The monoisotopic (exact) mass is 378 g/mol. The Kier molecular flexibility index (Phi) is 8.36. The van der Waals surface area contributed by atoms with E-state index in [4.69, 9.17) is 11.6 Å². The number of nitrogens with zero attached hydrogens (tertiary/aromatic N) is 2. The normalized spacial score (nSPS) is 18.0. The van der Waals surface area contributed by atoms with Crippen molar-refractivity contribution in [2.75, 3.05) is 0 Å². The first kappa shape index (κ1) is 20.7. The zero-order valence-corrected chi connectivity index (χ0v) is 16.9. The molecule has 0 spiro atoms. The van der Waals surface area contributed by atoms with Crippen LogP contribution in [0.15, 0.2) is 22.4 Å². The van der Waals surface area contributed by atoms with Crippen LogP contribution in [0.1, 0.15) is 70.6 Å². The number of H-pyrrole nitrogens is 1. The van der Waals surface area contributed by atoms with E-state index in [1.807, 2.05) is 6.20 Å². The lowest BCUT2D eigenvalue weighted by Gasteiger charge is -2.20. The van der Waals surface area contributed by atoms with Crippen molar-refractivity contribution in [2.24, 2.45) is 16.8 Å². The summed E-state index contributed by atoms with van der Waals surface area (Å²) in [7, 11) is 0.